The number of nitrogens with zero attached hydrogens (tertiary/aromatic N) is 1. The second-order valence-electron chi connectivity index (χ2n) is 9.84. The van der Waals surface area contributed by atoms with Crippen LogP contribution in [-0.4, -0.2) is 34.7 Å². The number of carboxylic acid groups (broad SMARTS) is 1. The minimum atomic E-state index is -1.06. The van der Waals surface area contributed by atoms with Crippen molar-refractivity contribution >= 4 is 39.8 Å². The third-order valence-electron chi connectivity index (χ3n) is 6.34. The minimum absolute atomic E-state index is 0.0770. The second-order valence-corrected chi connectivity index (χ2v) is 9.84. The quantitative estimate of drug-likeness (QED) is 0.150. The first-order valence-electron chi connectivity index (χ1n) is 13.4. The van der Waals surface area contributed by atoms with Gasteiger partial charge in [-0.3, -0.25) is 9.59 Å². The van der Waals surface area contributed by atoms with Gasteiger partial charge in [-0.2, -0.15) is 0 Å². The van der Waals surface area contributed by atoms with Crippen molar-refractivity contribution in [2.75, 3.05) is 23.4 Å². The number of carbonyl (C=O) groups is 2. The van der Waals surface area contributed by atoms with E-state index in [1.54, 1.807) is 48.7 Å². The fraction of sp³-hybridized carbons (Fsp3) is 0.258. The van der Waals surface area contributed by atoms with E-state index in [4.69, 9.17) is 20.9 Å². The van der Waals surface area contributed by atoms with Crippen molar-refractivity contribution in [1.82, 2.24) is 10.3 Å². The van der Waals surface area contributed by atoms with E-state index < -0.39 is 24.0 Å². The molecule has 0 saturated heterocycles. The molecule has 1 amide bonds. The fourth-order valence-electron chi connectivity index (χ4n) is 4.54. The van der Waals surface area contributed by atoms with Crippen LogP contribution in [0.25, 0.3) is 10.8 Å². The Morgan fingerprint density at radius 3 is 2.49 bits per heavy atom. The van der Waals surface area contributed by atoms with Crippen molar-refractivity contribution in [3.8, 4) is 11.5 Å². The highest BCUT2D eigenvalue weighted by atomic mass is 16.5. The van der Waals surface area contributed by atoms with Crippen LogP contribution in [0.1, 0.15) is 50.4 Å². The van der Waals surface area contributed by atoms with Crippen LogP contribution in [0, 0.1) is 0 Å². The Morgan fingerprint density at radius 1 is 0.976 bits per heavy atom. The Morgan fingerprint density at radius 2 is 1.78 bits per heavy atom. The Balaban J connectivity index is 1.74. The summed E-state index contributed by atoms with van der Waals surface area (Å²) < 4.78 is 11.8. The van der Waals surface area contributed by atoms with Gasteiger partial charge < -0.3 is 36.7 Å². The van der Waals surface area contributed by atoms with E-state index in [9.17, 15) is 14.7 Å². The summed E-state index contributed by atoms with van der Waals surface area (Å²) in [6.45, 7) is 6.11. The Bertz CT molecular complexity index is 1540. The normalized spacial score (nSPS) is 12.5. The van der Waals surface area contributed by atoms with Gasteiger partial charge in [-0.15, -0.1) is 0 Å². The van der Waals surface area contributed by atoms with Crippen LogP contribution < -0.4 is 31.6 Å². The number of hydrogen-bond donors (Lipinski definition) is 5. The van der Waals surface area contributed by atoms with Gasteiger partial charge in [0.25, 0.3) is 0 Å². The molecule has 1 heterocycles. The maximum Gasteiger partial charge on any atom is 0.305 e. The van der Waals surface area contributed by atoms with E-state index in [0.29, 0.717) is 46.4 Å². The number of nitrogen functional groups attached to an aromatic ring is 2. The second kappa shape index (κ2) is 12.9. The molecular weight excluding hydrogens is 522 g/mol. The van der Waals surface area contributed by atoms with Gasteiger partial charge in [0, 0.05) is 23.0 Å². The lowest BCUT2D eigenvalue weighted by molar-refractivity contribution is -0.137. The molecule has 0 aliphatic carbocycles. The van der Waals surface area contributed by atoms with Gasteiger partial charge in [0.2, 0.25) is 5.91 Å². The predicted molar refractivity (Wildman–Crippen MR) is 160 cm³/mol. The predicted octanol–water partition coefficient (Wildman–Crippen LogP) is 5.07. The first-order chi connectivity index (χ1) is 19.6. The largest absolute Gasteiger partial charge is 0.490 e. The Labute approximate surface area is 238 Å². The molecule has 2 atom stereocenters. The maximum absolute atomic E-state index is 13.9. The first kappa shape index (κ1) is 29.0. The molecule has 0 aliphatic rings. The van der Waals surface area contributed by atoms with E-state index in [0.717, 1.165) is 10.8 Å². The zero-order valence-corrected chi connectivity index (χ0v) is 23.3. The third kappa shape index (κ3) is 7.36. The van der Waals surface area contributed by atoms with E-state index in [2.05, 4.69) is 15.6 Å². The number of rotatable bonds is 12. The average molecular weight is 558 g/mol. The zero-order chi connectivity index (χ0) is 29.5. The standard InChI is InChI=1S/C31H35N5O5/c1-4-40-27-16-21(8-11-26(27)41-18(2)3)29(35-23-9-10-24-19(15-23)12-13-34-30(24)33)31(39)36-25(17-28(37)38)20-6-5-7-22(32)14-20/h5-16,18,25,29,35H,4,17,32H2,1-3H3,(H2,33,34)(H,36,39)(H,37,38)/t25-,29?/m1/s1. The summed E-state index contributed by atoms with van der Waals surface area (Å²) in [5.74, 6) is -0.0376. The summed E-state index contributed by atoms with van der Waals surface area (Å²) in [5, 5.41) is 17.5. The van der Waals surface area contributed by atoms with Crippen LogP contribution in [0.2, 0.25) is 0 Å². The number of benzene rings is 3. The smallest absolute Gasteiger partial charge is 0.305 e. The van der Waals surface area contributed by atoms with E-state index in [-0.39, 0.29) is 12.5 Å². The van der Waals surface area contributed by atoms with Gasteiger partial charge in [-0.25, -0.2) is 4.98 Å². The third-order valence-corrected chi connectivity index (χ3v) is 6.34. The monoisotopic (exact) mass is 557 g/mol. The molecule has 0 radical (unpaired) electrons. The molecule has 0 saturated carbocycles. The molecule has 4 aromatic rings. The molecule has 0 fully saturated rings. The van der Waals surface area contributed by atoms with Crippen LogP contribution in [-0.2, 0) is 9.59 Å². The maximum atomic E-state index is 13.9. The summed E-state index contributed by atoms with van der Waals surface area (Å²) in [7, 11) is 0. The van der Waals surface area contributed by atoms with Crippen molar-refractivity contribution < 1.29 is 24.2 Å². The lowest BCUT2D eigenvalue weighted by Crippen LogP contribution is -2.37. The van der Waals surface area contributed by atoms with Crippen molar-refractivity contribution in [2.45, 2.75) is 45.4 Å². The summed E-state index contributed by atoms with van der Waals surface area (Å²) in [5.41, 5.74) is 14.3. The van der Waals surface area contributed by atoms with E-state index in [1.165, 1.54) is 0 Å². The number of aromatic nitrogens is 1. The molecule has 7 N–H and O–H groups in total. The number of anilines is 3. The van der Waals surface area contributed by atoms with Crippen molar-refractivity contribution in [2.24, 2.45) is 0 Å². The van der Waals surface area contributed by atoms with Gasteiger partial charge in [0.1, 0.15) is 11.9 Å². The Kier molecular flexibility index (Phi) is 9.13. The van der Waals surface area contributed by atoms with Crippen LogP contribution >= 0.6 is 0 Å². The summed E-state index contributed by atoms with van der Waals surface area (Å²) >= 11 is 0. The van der Waals surface area contributed by atoms with Gasteiger partial charge in [-0.05, 0) is 85.8 Å². The summed E-state index contributed by atoms with van der Waals surface area (Å²) in [6.07, 6.45) is 1.22. The molecule has 10 nitrogen and oxygen atoms in total. The molecule has 0 spiro atoms. The molecule has 3 aromatic carbocycles. The van der Waals surface area contributed by atoms with Gasteiger partial charge in [-0.1, -0.05) is 18.2 Å². The summed E-state index contributed by atoms with van der Waals surface area (Å²) in [4.78, 5) is 29.8. The van der Waals surface area contributed by atoms with Crippen molar-refractivity contribution in [1.29, 1.82) is 0 Å². The number of nitrogens with one attached hydrogen (secondary N) is 2. The number of carboxylic acids is 1. The van der Waals surface area contributed by atoms with Crippen LogP contribution in [0.3, 0.4) is 0 Å². The topological polar surface area (TPSA) is 162 Å². The molecule has 10 heteroatoms. The summed E-state index contributed by atoms with van der Waals surface area (Å²) in [6, 6.07) is 17.7. The van der Waals surface area contributed by atoms with Crippen LogP contribution in [0.15, 0.2) is 72.9 Å². The Hall–Kier alpha value is -4.99. The highest BCUT2D eigenvalue weighted by molar-refractivity contribution is 5.94. The number of aliphatic carboxylic acids is 1. The lowest BCUT2D eigenvalue weighted by Gasteiger charge is -2.25. The van der Waals surface area contributed by atoms with E-state index >= 15 is 0 Å². The number of amides is 1. The average Bonchev–Trinajstić information content (AvgIpc) is 2.92. The number of pyridine rings is 1. The minimum Gasteiger partial charge on any atom is -0.490 e. The van der Waals surface area contributed by atoms with Crippen molar-refractivity contribution in [3.05, 3.63) is 84.1 Å². The number of nitrogens with two attached hydrogens (primary N) is 2. The highest BCUT2D eigenvalue weighted by Crippen LogP contribution is 2.34. The molecule has 1 unspecified atom stereocenters. The molecular formula is C31H35N5O5. The molecule has 41 heavy (non-hydrogen) atoms. The van der Waals surface area contributed by atoms with Crippen LogP contribution in [0.5, 0.6) is 11.5 Å². The van der Waals surface area contributed by atoms with Gasteiger partial charge >= 0.3 is 5.97 Å². The number of fused-ring (bicyclic) bond motifs is 1. The SMILES string of the molecule is CCOc1cc(C(Nc2ccc3c(N)nccc3c2)C(=O)N[C@H](CC(=O)O)c2cccc(N)c2)ccc1OC(C)C. The molecule has 214 valence electrons. The first-order valence-corrected chi connectivity index (χ1v) is 13.4. The zero-order valence-electron chi connectivity index (χ0n) is 23.3. The molecule has 0 aliphatic heterocycles. The van der Waals surface area contributed by atoms with Gasteiger partial charge in [0.05, 0.1) is 25.2 Å². The highest BCUT2D eigenvalue weighted by Gasteiger charge is 2.27. The molecule has 4 rings (SSSR count). The number of hydrogen-bond acceptors (Lipinski definition) is 8. The fourth-order valence-corrected chi connectivity index (χ4v) is 4.54. The lowest BCUT2D eigenvalue weighted by atomic mass is 10.00. The molecule has 0 bridgehead atoms. The number of carbonyl (C=O) groups excluding carboxylic acids is 1. The number of ether oxygens (including phenoxy) is 2. The van der Waals surface area contributed by atoms with Gasteiger partial charge in [0.15, 0.2) is 11.5 Å². The molecule has 1 aromatic heterocycles. The van der Waals surface area contributed by atoms with E-state index in [1.807, 2.05) is 45.0 Å². The van der Waals surface area contributed by atoms with Crippen molar-refractivity contribution in [3.63, 3.8) is 0 Å². The van der Waals surface area contributed by atoms with Crippen LogP contribution in [0.4, 0.5) is 17.2 Å².